The number of allylic oxidation sites excluding steroid dienone is 26. The van der Waals surface area contributed by atoms with Crippen LogP contribution < -0.4 is 0 Å². The molecule has 0 saturated heterocycles. The Morgan fingerprint density at radius 3 is 0.756 bits per heavy atom. The van der Waals surface area contributed by atoms with Crippen LogP contribution in [-0.2, 0) is 28.6 Å². The van der Waals surface area contributed by atoms with Crippen LogP contribution in [0.2, 0.25) is 0 Å². The first-order valence-electron chi connectivity index (χ1n) is 33.5. The number of hydrogen-bond acceptors (Lipinski definition) is 6. The van der Waals surface area contributed by atoms with Crippen LogP contribution in [0, 0.1) is 0 Å². The highest BCUT2D eigenvalue weighted by molar-refractivity contribution is 5.71. The van der Waals surface area contributed by atoms with Gasteiger partial charge in [0, 0.05) is 19.3 Å². The molecule has 0 aliphatic heterocycles. The van der Waals surface area contributed by atoms with Crippen LogP contribution in [-0.4, -0.2) is 37.2 Å². The van der Waals surface area contributed by atoms with Gasteiger partial charge in [-0.05, 0) is 148 Å². The molecule has 6 heteroatoms. The average molecular weight is 1130 g/mol. The van der Waals surface area contributed by atoms with Gasteiger partial charge in [-0.15, -0.1) is 0 Å². The van der Waals surface area contributed by atoms with Crippen molar-refractivity contribution >= 4 is 17.9 Å². The van der Waals surface area contributed by atoms with Crippen LogP contribution in [0.4, 0.5) is 0 Å². The zero-order valence-electron chi connectivity index (χ0n) is 52.9. The van der Waals surface area contributed by atoms with Crippen LogP contribution in [0.25, 0.3) is 0 Å². The topological polar surface area (TPSA) is 78.9 Å². The van der Waals surface area contributed by atoms with E-state index in [9.17, 15) is 14.4 Å². The molecule has 0 amide bonds. The largest absolute Gasteiger partial charge is 0.462 e. The highest BCUT2D eigenvalue weighted by Gasteiger charge is 2.19. The lowest BCUT2D eigenvalue weighted by atomic mass is 10.1. The minimum absolute atomic E-state index is 0.101. The fraction of sp³-hybridized carbons (Fsp3) is 0.618. The van der Waals surface area contributed by atoms with Crippen molar-refractivity contribution in [2.24, 2.45) is 0 Å². The van der Waals surface area contributed by atoms with Gasteiger partial charge in [0.1, 0.15) is 13.2 Å². The molecule has 0 radical (unpaired) electrons. The zero-order chi connectivity index (χ0) is 59.2. The number of esters is 3. The van der Waals surface area contributed by atoms with Gasteiger partial charge in [-0.2, -0.15) is 0 Å². The Hall–Kier alpha value is -4.97. The third-order valence-electron chi connectivity index (χ3n) is 13.7. The van der Waals surface area contributed by atoms with Crippen LogP contribution >= 0.6 is 0 Å². The molecule has 0 aromatic rings. The van der Waals surface area contributed by atoms with Gasteiger partial charge in [0.05, 0.1) is 0 Å². The molecule has 1 unspecified atom stereocenters. The molecule has 0 fully saturated rings. The number of carbonyl (C=O) groups is 3. The summed E-state index contributed by atoms with van der Waals surface area (Å²) in [5.74, 6) is -0.942. The van der Waals surface area contributed by atoms with E-state index in [-0.39, 0.29) is 37.5 Å². The summed E-state index contributed by atoms with van der Waals surface area (Å²) in [6.07, 6.45) is 99.6. The van der Waals surface area contributed by atoms with Crippen LogP contribution in [0.3, 0.4) is 0 Å². The van der Waals surface area contributed by atoms with Crippen LogP contribution in [0.5, 0.6) is 0 Å². The first-order valence-corrected chi connectivity index (χ1v) is 33.5. The number of rotatable bonds is 59. The van der Waals surface area contributed by atoms with E-state index >= 15 is 0 Å². The van der Waals surface area contributed by atoms with Crippen molar-refractivity contribution < 1.29 is 28.6 Å². The number of hydrogen-bond donors (Lipinski definition) is 0. The standard InChI is InChI=1S/C76H122O6/c1-4-7-10-13-16-19-22-25-28-30-32-34-36-37-38-39-41-42-44-46-48-51-54-57-60-63-66-69-75(78)81-72-73(71-80-74(77)68-65-62-59-56-53-50-27-24-21-18-15-12-9-6-3)82-76(79)70-67-64-61-58-55-52-49-47-45-43-40-35-33-31-29-26-23-20-17-14-11-8-5-2/h7-8,10-11,16-17,19-20,24-29,32-35,37-38,41-43,45,49,52,73H,4-6,9,12-15,18,21-23,30-31,36,39-40,44,46-48,50-51,53-72H2,1-3H3/b10-7-,11-8-,19-16-,20-17-,27-24-,28-25-,29-26-,34-32-,35-33-,38-37-,42-41-,45-43-,52-49-. The number of carbonyl (C=O) groups excluding carboxylic acids is 3. The molecule has 0 bridgehead atoms. The van der Waals surface area contributed by atoms with Crippen molar-refractivity contribution in [1.82, 2.24) is 0 Å². The molecule has 6 nitrogen and oxygen atoms in total. The Bertz CT molecular complexity index is 1830. The second-order valence-corrected chi connectivity index (χ2v) is 21.6. The van der Waals surface area contributed by atoms with Crippen molar-refractivity contribution in [2.45, 2.75) is 290 Å². The Morgan fingerprint density at radius 1 is 0.256 bits per heavy atom. The summed E-state index contributed by atoms with van der Waals surface area (Å²) in [5, 5.41) is 0. The van der Waals surface area contributed by atoms with Gasteiger partial charge in [0.25, 0.3) is 0 Å². The average Bonchev–Trinajstić information content (AvgIpc) is 3.48. The van der Waals surface area contributed by atoms with Crippen molar-refractivity contribution in [2.75, 3.05) is 13.2 Å². The summed E-state index contributed by atoms with van der Waals surface area (Å²) in [4.78, 5) is 38.4. The molecule has 0 aromatic carbocycles. The molecule has 462 valence electrons. The van der Waals surface area contributed by atoms with Gasteiger partial charge >= 0.3 is 17.9 Å². The third-order valence-corrected chi connectivity index (χ3v) is 13.7. The first kappa shape index (κ1) is 77.0. The molecular weight excluding hydrogens is 1010 g/mol. The molecule has 0 N–H and O–H groups in total. The molecule has 0 aliphatic rings. The van der Waals surface area contributed by atoms with Gasteiger partial charge in [-0.3, -0.25) is 14.4 Å². The summed E-state index contributed by atoms with van der Waals surface area (Å²) in [6.45, 7) is 6.37. The van der Waals surface area contributed by atoms with Gasteiger partial charge in [-0.1, -0.05) is 275 Å². The zero-order valence-corrected chi connectivity index (χ0v) is 52.9. The van der Waals surface area contributed by atoms with E-state index in [1.54, 1.807) is 0 Å². The molecule has 0 spiro atoms. The Balaban J connectivity index is 4.44. The minimum Gasteiger partial charge on any atom is -0.462 e. The van der Waals surface area contributed by atoms with E-state index in [2.05, 4.69) is 179 Å². The van der Waals surface area contributed by atoms with Gasteiger partial charge < -0.3 is 14.2 Å². The molecule has 0 aliphatic carbocycles. The maximum Gasteiger partial charge on any atom is 0.306 e. The van der Waals surface area contributed by atoms with Crippen LogP contribution in [0.15, 0.2) is 158 Å². The minimum atomic E-state index is -0.808. The van der Waals surface area contributed by atoms with Crippen molar-refractivity contribution in [3.05, 3.63) is 158 Å². The smallest absolute Gasteiger partial charge is 0.306 e. The van der Waals surface area contributed by atoms with Crippen molar-refractivity contribution in [3.63, 3.8) is 0 Å². The van der Waals surface area contributed by atoms with Gasteiger partial charge in [-0.25, -0.2) is 0 Å². The molecule has 0 heterocycles. The summed E-state index contributed by atoms with van der Waals surface area (Å²) >= 11 is 0. The maximum atomic E-state index is 12.9. The molecule has 82 heavy (non-hydrogen) atoms. The number of ether oxygens (including phenoxy) is 3. The van der Waals surface area contributed by atoms with Crippen LogP contribution in [0.1, 0.15) is 284 Å². The molecule has 0 saturated carbocycles. The summed E-state index contributed by atoms with van der Waals surface area (Å²) in [5.41, 5.74) is 0. The lowest BCUT2D eigenvalue weighted by Crippen LogP contribution is -2.30. The maximum absolute atomic E-state index is 12.9. The third kappa shape index (κ3) is 65.8. The fourth-order valence-electron chi connectivity index (χ4n) is 8.80. The van der Waals surface area contributed by atoms with E-state index in [0.29, 0.717) is 12.8 Å². The molecule has 0 rings (SSSR count). The Labute approximate surface area is 505 Å². The highest BCUT2D eigenvalue weighted by atomic mass is 16.6. The van der Waals surface area contributed by atoms with Gasteiger partial charge in [0.15, 0.2) is 6.10 Å². The SMILES string of the molecule is CC/C=C\C/C=C\C/C=C\C/C=C\C/C=C\C/C=C\CCCCCCCCCCC(=O)OCC(COC(=O)CCCCCCC/C=C\CCCCCCC)OC(=O)CCCCCC/C=C\C/C=C\C/C=C\C/C=C\C/C=C\C/C=C\CC. The summed E-state index contributed by atoms with van der Waals surface area (Å²) in [7, 11) is 0. The molecule has 1 atom stereocenters. The highest BCUT2D eigenvalue weighted by Crippen LogP contribution is 2.15. The van der Waals surface area contributed by atoms with E-state index in [1.807, 2.05) is 0 Å². The normalized spacial score (nSPS) is 13.2. The predicted octanol–water partition coefficient (Wildman–Crippen LogP) is 23.3. The number of unbranched alkanes of at least 4 members (excludes halogenated alkanes) is 22. The lowest BCUT2D eigenvalue weighted by molar-refractivity contribution is -0.167. The van der Waals surface area contributed by atoms with Crippen molar-refractivity contribution in [1.29, 1.82) is 0 Å². The Morgan fingerprint density at radius 2 is 0.476 bits per heavy atom. The van der Waals surface area contributed by atoms with Gasteiger partial charge in [0.2, 0.25) is 0 Å². The fourth-order valence-corrected chi connectivity index (χ4v) is 8.80. The summed E-state index contributed by atoms with van der Waals surface area (Å²) in [6, 6.07) is 0. The first-order chi connectivity index (χ1) is 40.5. The predicted molar refractivity (Wildman–Crippen MR) is 357 cm³/mol. The van der Waals surface area contributed by atoms with E-state index in [1.165, 1.54) is 77.0 Å². The van der Waals surface area contributed by atoms with E-state index in [4.69, 9.17) is 14.2 Å². The second-order valence-electron chi connectivity index (χ2n) is 21.6. The summed E-state index contributed by atoms with van der Waals surface area (Å²) < 4.78 is 16.9. The Kier molecular flexibility index (Phi) is 64.4. The molecule has 0 aromatic heterocycles. The van der Waals surface area contributed by atoms with E-state index < -0.39 is 6.10 Å². The molecular formula is C76H122O6. The monoisotopic (exact) mass is 1130 g/mol. The van der Waals surface area contributed by atoms with E-state index in [0.717, 1.165) is 167 Å². The quantitative estimate of drug-likeness (QED) is 0.0261. The second kappa shape index (κ2) is 68.5. The van der Waals surface area contributed by atoms with Crippen molar-refractivity contribution in [3.8, 4) is 0 Å². The lowest BCUT2D eigenvalue weighted by Gasteiger charge is -2.18.